The fraction of sp³-hybridized carbons (Fsp3) is 0.333. The molecule has 1 heterocycles. The van der Waals surface area contributed by atoms with Gasteiger partial charge in [-0.1, -0.05) is 23.9 Å². The molecule has 0 fully saturated rings. The molecule has 0 unspecified atom stereocenters. The Bertz CT molecular complexity index is 638. The predicted octanol–water partition coefficient (Wildman–Crippen LogP) is 3.00. The Morgan fingerprint density at radius 1 is 1.21 bits per heavy atom. The first-order chi connectivity index (χ1) is 9.02. The van der Waals surface area contributed by atoms with E-state index in [1.165, 1.54) is 28.3 Å². The fourth-order valence-electron chi connectivity index (χ4n) is 1.97. The molecule has 2 rings (SSSR count). The van der Waals surface area contributed by atoms with E-state index >= 15 is 0 Å². The van der Waals surface area contributed by atoms with E-state index in [1.54, 1.807) is 7.05 Å². The SMILES string of the molecule is CNC(=O)CSc1nc2c(C)ccc(C)c2cc1C. The topological polar surface area (TPSA) is 42.0 Å². The minimum absolute atomic E-state index is 0.0206. The number of thioether (sulfide) groups is 1. The summed E-state index contributed by atoms with van der Waals surface area (Å²) in [7, 11) is 1.65. The number of pyridine rings is 1. The van der Waals surface area contributed by atoms with Gasteiger partial charge in [0, 0.05) is 12.4 Å². The van der Waals surface area contributed by atoms with Crippen molar-refractivity contribution >= 4 is 28.6 Å². The number of benzene rings is 1. The lowest BCUT2D eigenvalue weighted by molar-refractivity contribution is -0.118. The van der Waals surface area contributed by atoms with Crippen LogP contribution >= 0.6 is 11.8 Å². The van der Waals surface area contributed by atoms with Crippen LogP contribution in [0.15, 0.2) is 23.2 Å². The molecular weight excluding hydrogens is 256 g/mol. The van der Waals surface area contributed by atoms with Gasteiger partial charge in [-0.15, -0.1) is 0 Å². The Hall–Kier alpha value is -1.55. The van der Waals surface area contributed by atoms with Gasteiger partial charge in [0.05, 0.1) is 11.3 Å². The van der Waals surface area contributed by atoms with Crippen LogP contribution in [-0.2, 0) is 4.79 Å². The third-order valence-electron chi connectivity index (χ3n) is 3.17. The molecule has 19 heavy (non-hydrogen) atoms. The minimum Gasteiger partial charge on any atom is -0.358 e. The molecule has 1 amide bonds. The number of hydrogen-bond acceptors (Lipinski definition) is 3. The first-order valence-corrected chi connectivity index (χ1v) is 7.22. The zero-order chi connectivity index (χ0) is 14.0. The van der Waals surface area contributed by atoms with Crippen molar-refractivity contribution in [2.75, 3.05) is 12.8 Å². The van der Waals surface area contributed by atoms with Gasteiger partial charge in [0.1, 0.15) is 5.03 Å². The minimum atomic E-state index is 0.0206. The summed E-state index contributed by atoms with van der Waals surface area (Å²) >= 11 is 1.49. The molecule has 0 saturated heterocycles. The summed E-state index contributed by atoms with van der Waals surface area (Å²) in [6.07, 6.45) is 0. The van der Waals surface area contributed by atoms with E-state index in [2.05, 4.69) is 37.4 Å². The number of hydrogen-bond donors (Lipinski definition) is 1. The highest BCUT2D eigenvalue weighted by Gasteiger charge is 2.09. The second kappa shape index (κ2) is 5.61. The van der Waals surface area contributed by atoms with Crippen LogP contribution in [0.3, 0.4) is 0 Å². The number of aromatic nitrogens is 1. The first kappa shape index (κ1) is 13.9. The van der Waals surface area contributed by atoms with Crippen molar-refractivity contribution < 1.29 is 4.79 Å². The molecule has 0 aliphatic heterocycles. The number of aryl methyl sites for hydroxylation is 3. The van der Waals surface area contributed by atoms with E-state index in [0.717, 1.165) is 16.1 Å². The molecule has 1 N–H and O–H groups in total. The number of amides is 1. The van der Waals surface area contributed by atoms with Gasteiger partial charge < -0.3 is 5.32 Å². The summed E-state index contributed by atoms with van der Waals surface area (Å²) in [4.78, 5) is 16.0. The second-order valence-corrected chi connectivity index (χ2v) is 5.63. The van der Waals surface area contributed by atoms with Gasteiger partial charge in [0.15, 0.2) is 0 Å². The lowest BCUT2D eigenvalue weighted by Gasteiger charge is -2.10. The third-order valence-corrected chi connectivity index (χ3v) is 4.26. The van der Waals surface area contributed by atoms with Crippen molar-refractivity contribution in [2.45, 2.75) is 25.8 Å². The molecule has 0 spiro atoms. The predicted molar refractivity (Wildman–Crippen MR) is 80.7 cm³/mol. The quantitative estimate of drug-likeness (QED) is 0.875. The molecule has 4 heteroatoms. The molecule has 3 nitrogen and oxygen atoms in total. The molecular formula is C15H18N2OS. The Labute approximate surface area is 117 Å². The molecule has 0 saturated carbocycles. The van der Waals surface area contributed by atoms with Gasteiger partial charge in [0.25, 0.3) is 0 Å². The average Bonchev–Trinajstić information content (AvgIpc) is 2.41. The number of carbonyl (C=O) groups excluding carboxylic acids is 1. The Kier molecular flexibility index (Phi) is 4.10. The highest BCUT2D eigenvalue weighted by Crippen LogP contribution is 2.27. The van der Waals surface area contributed by atoms with Gasteiger partial charge in [-0.3, -0.25) is 4.79 Å². The zero-order valence-electron chi connectivity index (χ0n) is 11.7. The lowest BCUT2D eigenvalue weighted by Crippen LogP contribution is -2.19. The number of nitrogens with zero attached hydrogens (tertiary/aromatic N) is 1. The van der Waals surface area contributed by atoms with Crippen molar-refractivity contribution in [3.05, 3.63) is 34.9 Å². The van der Waals surface area contributed by atoms with Crippen LogP contribution in [0.4, 0.5) is 0 Å². The molecule has 0 aliphatic carbocycles. The summed E-state index contributed by atoms with van der Waals surface area (Å²) in [5.74, 6) is 0.424. The van der Waals surface area contributed by atoms with Gasteiger partial charge >= 0.3 is 0 Å². The first-order valence-electron chi connectivity index (χ1n) is 6.24. The zero-order valence-corrected chi connectivity index (χ0v) is 12.5. The molecule has 2 aromatic rings. The van der Waals surface area contributed by atoms with Crippen molar-refractivity contribution in [1.82, 2.24) is 10.3 Å². The number of rotatable bonds is 3. The fourth-order valence-corrected chi connectivity index (χ4v) is 2.82. The van der Waals surface area contributed by atoms with E-state index in [1.807, 2.05) is 6.92 Å². The van der Waals surface area contributed by atoms with E-state index in [9.17, 15) is 4.79 Å². The molecule has 100 valence electrons. The van der Waals surface area contributed by atoms with Gasteiger partial charge in [0.2, 0.25) is 5.91 Å². The van der Waals surface area contributed by atoms with Crippen LogP contribution < -0.4 is 5.32 Å². The molecule has 1 aromatic heterocycles. The van der Waals surface area contributed by atoms with Crippen LogP contribution in [0.5, 0.6) is 0 Å². The number of nitrogens with one attached hydrogen (secondary N) is 1. The van der Waals surface area contributed by atoms with E-state index < -0.39 is 0 Å². The highest BCUT2D eigenvalue weighted by atomic mass is 32.2. The van der Waals surface area contributed by atoms with E-state index in [-0.39, 0.29) is 5.91 Å². The maximum absolute atomic E-state index is 11.3. The van der Waals surface area contributed by atoms with Crippen LogP contribution in [0, 0.1) is 20.8 Å². The maximum Gasteiger partial charge on any atom is 0.230 e. The highest BCUT2D eigenvalue weighted by molar-refractivity contribution is 7.99. The lowest BCUT2D eigenvalue weighted by atomic mass is 10.0. The van der Waals surface area contributed by atoms with E-state index in [4.69, 9.17) is 4.98 Å². The normalized spacial score (nSPS) is 10.7. The summed E-state index contributed by atoms with van der Waals surface area (Å²) in [6, 6.07) is 6.38. The van der Waals surface area contributed by atoms with Gasteiger partial charge in [-0.05, 0) is 43.5 Å². The Morgan fingerprint density at radius 3 is 2.58 bits per heavy atom. The molecule has 1 aromatic carbocycles. The number of fused-ring (bicyclic) bond motifs is 1. The standard InChI is InChI=1S/C15H18N2OS/c1-9-5-6-10(2)14-12(9)7-11(3)15(17-14)19-8-13(18)16-4/h5-7H,8H2,1-4H3,(H,16,18). The smallest absolute Gasteiger partial charge is 0.230 e. The maximum atomic E-state index is 11.3. The average molecular weight is 274 g/mol. The molecule has 0 atom stereocenters. The van der Waals surface area contributed by atoms with Crippen LogP contribution in [0.1, 0.15) is 16.7 Å². The Balaban J connectivity index is 2.43. The van der Waals surface area contributed by atoms with Crippen molar-refractivity contribution in [2.24, 2.45) is 0 Å². The van der Waals surface area contributed by atoms with Crippen LogP contribution in [-0.4, -0.2) is 23.7 Å². The molecule has 0 bridgehead atoms. The van der Waals surface area contributed by atoms with Crippen molar-refractivity contribution in [3.63, 3.8) is 0 Å². The van der Waals surface area contributed by atoms with Crippen molar-refractivity contribution in [3.8, 4) is 0 Å². The van der Waals surface area contributed by atoms with Crippen molar-refractivity contribution in [1.29, 1.82) is 0 Å². The largest absolute Gasteiger partial charge is 0.358 e. The summed E-state index contributed by atoms with van der Waals surface area (Å²) in [5, 5.41) is 4.76. The molecule has 0 aliphatic rings. The molecule has 0 radical (unpaired) electrons. The Morgan fingerprint density at radius 2 is 1.89 bits per heavy atom. The van der Waals surface area contributed by atoms with E-state index in [0.29, 0.717) is 5.75 Å². The van der Waals surface area contributed by atoms with Gasteiger partial charge in [-0.25, -0.2) is 4.98 Å². The second-order valence-electron chi connectivity index (χ2n) is 4.67. The monoisotopic (exact) mass is 274 g/mol. The summed E-state index contributed by atoms with van der Waals surface area (Å²) in [5.41, 5.74) is 4.56. The number of carbonyl (C=O) groups is 1. The van der Waals surface area contributed by atoms with Crippen LogP contribution in [0.25, 0.3) is 10.9 Å². The van der Waals surface area contributed by atoms with Crippen LogP contribution in [0.2, 0.25) is 0 Å². The summed E-state index contributed by atoms with van der Waals surface area (Å²) < 4.78 is 0. The summed E-state index contributed by atoms with van der Waals surface area (Å²) in [6.45, 7) is 6.21. The van der Waals surface area contributed by atoms with Gasteiger partial charge in [-0.2, -0.15) is 0 Å². The third kappa shape index (κ3) is 2.89.